The summed E-state index contributed by atoms with van der Waals surface area (Å²) >= 11 is 3.09. The van der Waals surface area contributed by atoms with Crippen molar-refractivity contribution in [2.45, 2.75) is 249 Å². The number of likely N-dealkylation sites (tertiary alicyclic amines) is 3. The average Bonchev–Trinajstić information content (AvgIpc) is 1.60. The largest absolute Gasteiger partial charge is 0.471 e. The van der Waals surface area contributed by atoms with Crippen LogP contribution in [0.15, 0.2) is 121 Å². The van der Waals surface area contributed by atoms with Gasteiger partial charge in [-0.25, -0.2) is 0 Å². The third-order valence-electron chi connectivity index (χ3n) is 26.5. The van der Waals surface area contributed by atoms with Crippen molar-refractivity contribution in [3.63, 3.8) is 0 Å². The van der Waals surface area contributed by atoms with Crippen LogP contribution >= 0.6 is 15.9 Å². The van der Waals surface area contributed by atoms with E-state index in [0.717, 1.165) is 179 Å². The number of H-pyrrole nitrogens is 2. The van der Waals surface area contributed by atoms with E-state index in [0.29, 0.717) is 88.2 Å². The lowest BCUT2D eigenvalue weighted by atomic mass is 9.87. The molecule has 12 atom stereocenters. The van der Waals surface area contributed by atoms with Gasteiger partial charge in [0.2, 0.25) is 0 Å². The van der Waals surface area contributed by atoms with Gasteiger partial charge in [-0.1, -0.05) is 155 Å². The second-order valence-electron chi connectivity index (χ2n) is 34.5. The van der Waals surface area contributed by atoms with Gasteiger partial charge >= 0.3 is 36.3 Å². The number of piperidine rings is 4. The number of halogens is 10. The number of alkyl halides is 10. The summed E-state index contributed by atoms with van der Waals surface area (Å²) in [7, 11) is 0. The van der Waals surface area contributed by atoms with Gasteiger partial charge in [-0.3, -0.25) is 14.4 Å². The van der Waals surface area contributed by atoms with Gasteiger partial charge in [-0.05, 0) is 138 Å². The average molecular weight is 1770 g/mol. The maximum Gasteiger partial charge on any atom is 0.471 e. The first kappa shape index (κ1) is 91.6. The van der Waals surface area contributed by atoms with Crippen LogP contribution in [0.4, 0.5) is 39.5 Å². The van der Waals surface area contributed by atoms with Crippen molar-refractivity contribution >= 4 is 33.7 Å². The van der Waals surface area contributed by atoms with Crippen molar-refractivity contribution in [3.05, 3.63) is 155 Å². The third-order valence-corrected chi connectivity index (χ3v) is 26.9. The van der Waals surface area contributed by atoms with Crippen LogP contribution < -0.4 is 10.6 Å². The Morgan fingerprint density at radius 3 is 1.11 bits per heavy atom. The van der Waals surface area contributed by atoms with E-state index >= 15 is 0 Å². The van der Waals surface area contributed by atoms with Gasteiger partial charge in [0.15, 0.2) is 11.6 Å². The molecular weight excluding hydrogens is 1660 g/mol. The SMILES string of the molecule is C.N#CCCBr.N#CCCN1CCC2(CC1)CC(N(C(=O)C(F)(F)F)[C@@H]1C[C@H]1c1ccccc1)CO2.O=C(N(C1COC2(CCN(CCc3nn[nH]n3)CC2)C1)[C@@H]1C[C@H]1c1ccccc1)C(F)(F)F.O=C(N(C1COC2(CCNCC2)C1)[C@@H]1C[C@H]1c1ccccc1)C(F)(F)F.c1ccc([C@@H]2C[C@H]2NC2COC3(CCN(CCc4nn[nH]n4)CC3)C2)cc1. The molecule has 3 amide bonds. The number of aromatic nitrogens is 8. The van der Waals surface area contributed by atoms with Crippen molar-refractivity contribution in [2.75, 3.05) is 104 Å². The Hall–Kier alpha value is -8.10. The van der Waals surface area contributed by atoms with Crippen LogP contribution in [0.3, 0.4) is 0 Å². The fourth-order valence-electron chi connectivity index (χ4n) is 19.7. The van der Waals surface area contributed by atoms with E-state index in [9.17, 15) is 53.9 Å². The third kappa shape index (κ3) is 23.5. The number of hydrogen-bond donors (Lipinski definition) is 4. The predicted molar refractivity (Wildman–Crippen MR) is 436 cm³/mol. The zero-order valence-corrected chi connectivity index (χ0v) is 69.4. The van der Waals surface area contributed by atoms with Gasteiger partial charge in [0, 0.05) is 144 Å². The molecular formula is C87H112BrF9N18O7. The number of aromatic amines is 2. The molecule has 4 spiro atoms. The Balaban J connectivity index is 0.000000138. The second-order valence-corrected chi connectivity index (χ2v) is 35.3. The maximum atomic E-state index is 13.5. The molecule has 10 heterocycles. The highest BCUT2D eigenvalue weighted by Gasteiger charge is 2.61. The van der Waals surface area contributed by atoms with E-state index in [1.54, 1.807) is 0 Å². The number of nitriles is 2. The number of ether oxygens (including phenoxy) is 4. The van der Waals surface area contributed by atoms with Gasteiger partial charge in [-0.15, -0.1) is 20.4 Å². The van der Waals surface area contributed by atoms with Crippen LogP contribution in [0.2, 0.25) is 0 Å². The van der Waals surface area contributed by atoms with Crippen LogP contribution in [0.25, 0.3) is 0 Å². The number of carbonyl (C=O) groups excluding carboxylic acids is 3. The Kier molecular flexibility index (Phi) is 30.4. The first-order valence-corrected chi connectivity index (χ1v) is 43.7. The van der Waals surface area contributed by atoms with E-state index in [4.69, 9.17) is 29.5 Å². The van der Waals surface area contributed by atoms with Crippen LogP contribution in [0.1, 0.15) is 181 Å². The number of hydrogen-bond acceptors (Lipinski definition) is 20. The highest BCUT2D eigenvalue weighted by Crippen LogP contribution is 2.53. The molecule has 6 aromatic rings. The Morgan fingerprint density at radius 1 is 0.459 bits per heavy atom. The summed E-state index contributed by atoms with van der Waals surface area (Å²) in [4.78, 5) is 47.3. The topological polar surface area (TPSA) is 288 Å². The molecule has 0 bridgehead atoms. The number of tetrazole rings is 2. The van der Waals surface area contributed by atoms with E-state index < -0.39 is 83.7 Å². The first-order valence-electron chi connectivity index (χ1n) is 42.6. The molecule has 2 aromatic heterocycles. The van der Waals surface area contributed by atoms with Crippen molar-refractivity contribution in [2.24, 2.45) is 0 Å². The van der Waals surface area contributed by atoms with Crippen molar-refractivity contribution in [1.29, 1.82) is 10.5 Å². The van der Waals surface area contributed by atoms with Crippen molar-refractivity contribution < 1.29 is 72.8 Å². The Morgan fingerprint density at radius 2 is 0.787 bits per heavy atom. The first-order chi connectivity index (χ1) is 58.3. The van der Waals surface area contributed by atoms with Gasteiger partial charge in [-0.2, -0.15) is 60.5 Å². The maximum absolute atomic E-state index is 13.5. The molecule has 12 fully saturated rings. The predicted octanol–water partition coefficient (Wildman–Crippen LogP) is 12.1. The van der Waals surface area contributed by atoms with Gasteiger partial charge < -0.3 is 59.0 Å². The van der Waals surface area contributed by atoms with E-state index in [-0.39, 0.29) is 56.2 Å². The van der Waals surface area contributed by atoms with E-state index in [1.165, 1.54) is 12.0 Å². The summed E-state index contributed by atoms with van der Waals surface area (Å²) in [5.41, 5.74) is 3.21. The Labute approximate surface area is 714 Å². The molecule has 8 aliphatic heterocycles. The fraction of sp³-hybridized carbons (Fsp3) is 0.644. The monoisotopic (exact) mass is 1770 g/mol. The highest BCUT2D eigenvalue weighted by atomic mass is 79.9. The second kappa shape index (κ2) is 40.5. The molecule has 4 saturated carbocycles. The van der Waals surface area contributed by atoms with Crippen LogP contribution in [0.5, 0.6) is 0 Å². The lowest BCUT2D eigenvalue weighted by Crippen LogP contribution is -2.50. The van der Waals surface area contributed by atoms with Gasteiger partial charge in [0.25, 0.3) is 0 Å². The van der Waals surface area contributed by atoms with Crippen LogP contribution in [-0.4, -0.2) is 281 Å². The number of amides is 3. The number of carbonyl (C=O) groups is 3. The minimum Gasteiger partial charge on any atom is -0.373 e. The van der Waals surface area contributed by atoms with Crippen LogP contribution in [0, 0.1) is 22.7 Å². The molecule has 25 nitrogen and oxygen atoms in total. The lowest BCUT2D eigenvalue weighted by molar-refractivity contribution is -0.188. The minimum atomic E-state index is -4.89. The van der Waals surface area contributed by atoms with Gasteiger partial charge in [0.05, 0.1) is 79.1 Å². The lowest BCUT2D eigenvalue weighted by Gasteiger charge is -2.39. The summed E-state index contributed by atoms with van der Waals surface area (Å²) in [5, 5.41) is 52.6. The molecule has 0 radical (unpaired) electrons. The number of nitrogens with zero attached hydrogens (tertiary/aromatic N) is 14. The standard InChI is InChI=1S/C22H27F3N6O2.C22H26F3N3O2.C20H28N6O.C19H23F3N2O2.C3H4BrN.CH4/c23-22(24,25)20(32)31(18-12-17(18)15-4-2-1-3-5-15)16-13-21(33-14-16)7-10-30(11-8-21)9-6-19-26-28-29-27-19;23-22(24,25)20(29)28(19-13-18(19)16-5-2-1-3-6-16)17-14-21(30-15-17)7-11-27(12-8-21)10-4-9-26;1-2-4-15(5-3-1)17-12-18(17)21-16-13-20(27-14-16)7-10-26(11-8-20)9-6-19-22-24-25-23-19;20-19(21,22)17(25)24(16-10-15(16)13-4-2-1-3-5-13)14-11-18(26-12-14)6-8-23-9-7-18;4-2-1-3-5;/h1-5,16-18H,6-14H2,(H,26,27,28,29);1-3,5-6,17-19H,4,7-8,10-15H2;1-5,16-18,21H,6-14H2,(H,22,23,24,25);1-5,14-16,23H,6-12H2;1-2H2;1H4/t16?,17-,18+;17?,18-,19+;16?,17-,18+;14?,15-,16+;;/m0000../s1. The molecule has 4 aromatic carbocycles. The van der Waals surface area contributed by atoms with Crippen LogP contribution in [-0.2, 0) is 46.2 Å². The quantitative estimate of drug-likeness (QED) is 0.0385. The molecule has 4 aliphatic carbocycles. The van der Waals surface area contributed by atoms with E-state index in [2.05, 4.69) is 119 Å². The zero-order valence-electron chi connectivity index (χ0n) is 67.8. The summed E-state index contributed by atoms with van der Waals surface area (Å²) < 4.78 is 145. The summed E-state index contributed by atoms with van der Waals surface area (Å²) in [6.45, 7) is 10.7. The summed E-state index contributed by atoms with van der Waals surface area (Å²) in [6, 6.07) is 41.6. The molecule has 12 aliphatic rings. The number of benzene rings is 4. The molecule has 4 N–H and O–H groups in total. The van der Waals surface area contributed by atoms with Gasteiger partial charge in [0.1, 0.15) is 0 Å². The molecule has 8 saturated heterocycles. The zero-order chi connectivity index (χ0) is 85.0. The molecule has 35 heteroatoms. The molecule has 4 unspecified atom stereocenters. The highest BCUT2D eigenvalue weighted by molar-refractivity contribution is 9.09. The minimum absolute atomic E-state index is 0. The number of nitrogens with one attached hydrogen (secondary N) is 4. The smallest absolute Gasteiger partial charge is 0.373 e. The van der Waals surface area contributed by atoms with Crippen molar-refractivity contribution in [1.82, 2.24) is 81.3 Å². The molecule has 122 heavy (non-hydrogen) atoms. The molecule has 18 rings (SSSR count). The normalized spacial score (nSPS) is 27.6. The number of rotatable bonds is 21. The van der Waals surface area contributed by atoms with Crippen molar-refractivity contribution in [3.8, 4) is 12.1 Å². The molecule has 662 valence electrons. The Bertz CT molecular complexity index is 4360. The van der Waals surface area contributed by atoms with E-state index in [1.807, 2.05) is 97.1 Å². The summed E-state index contributed by atoms with van der Waals surface area (Å²) in [6.07, 6.45) is 0.203. The fourth-order valence-corrected chi connectivity index (χ4v) is 19.9. The summed E-state index contributed by atoms with van der Waals surface area (Å²) in [5.74, 6) is -3.19.